The van der Waals surface area contributed by atoms with Gasteiger partial charge in [0, 0.05) is 13.1 Å². The van der Waals surface area contributed by atoms with Crippen molar-refractivity contribution in [3.63, 3.8) is 0 Å². The minimum Gasteiger partial charge on any atom is -0.306 e. The van der Waals surface area contributed by atoms with E-state index in [4.69, 9.17) is 0 Å². The molecule has 0 radical (unpaired) electrons. The first-order valence-electron chi connectivity index (χ1n) is 12.3. The third-order valence-corrected chi connectivity index (χ3v) is 4.07. The van der Waals surface area contributed by atoms with E-state index in [9.17, 15) is 0 Å². The Morgan fingerprint density at radius 1 is 0.786 bits per heavy atom. The number of rotatable bonds is 5. The van der Waals surface area contributed by atoms with Crippen LogP contribution in [0.4, 0.5) is 0 Å². The summed E-state index contributed by atoms with van der Waals surface area (Å²) in [5, 5.41) is 0. The van der Waals surface area contributed by atoms with Gasteiger partial charge in [-0.1, -0.05) is 119 Å². The monoisotopic (exact) mass is 395 g/mol. The van der Waals surface area contributed by atoms with Crippen molar-refractivity contribution in [3.05, 3.63) is 35.4 Å². The lowest BCUT2D eigenvalue weighted by molar-refractivity contribution is 0.149. The van der Waals surface area contributed by atoms with Gasteiger partial charge in [-0.3, -0.25) is 0 Å². The lowest BCUT2D eigenvalue weighted by Gasteiger charge is -2.33. The summed E-state index contributed by atoms with van der Waals surface area (Å²) in [6.45, 7) is 27.6. The van der Waals surface area contributed by atoms with Crippen molar-refractivity contribution in [2.24, 2.45) is 5.92 Å². The van der Waals surface area contributed by atoms with Crippen LogP contribution in [-0.2, 0) is 0 Å². The van der Waals surface area contributed by atoms with E-state index < -0.39 is 0 Å². The molecule has 0 aliphatic carbocycles. The van der Waals surface area contributed by atoms with Crippen molar-refractivity contribution in [2.75, 3.05) is 20.1 Å². The molecule has 0 spiro atoms. The largest absolute Gasteiger partial charge is 0.306 e. The summed E-state index contributed by atoms with van der Waals surface area (Å²) in [7, 11) is 2.15. The molecule has 28 heavy (non-hydrogen) atoms. The standard InChI is InChI=1S/C14H22.C5H11N.4C2H6/c1-4-6-13(7-5-2)14-10-8-12(3)9-11-14;1-5-3-6(2)4-5;4*1-2/h8-11,13H,4-7H2,1-3H3;5H,3-4H2,1-2H3;4*1-2H3. The van der Waals surface area contributed by atoms with Crippen molar-refractivity contribution in [1.82, 2.24) is 4.90 Å². The van der Waals surface area contributed by atoms with Gasteiger partial charge in [-0.15, -0.1) is 0 Å². The Hall–Kier alpha value is -0.820. The predicted octanol–water partition coefficient (Wildman–Crippen LogP) is 9.35. The quantitative estimate of drug-likeness (QED) is 0.480. The van der Waals surface area contributed by atoms with Gasteiger partial charge < -0.3 is 4.90 Å². The molecule has 1 aromatic carbocycles. The van der Waals surface area contributed by atoms with Crippen LogP contribution < -0.4 is 0 Å². The molecule has 1 heteroatoms. The normalized spacial score (nSPS) is 12.1. The van der Waals surface area contributed by atoms with E-state index >= 15 is 0 Å². The zero-order chi connectivity index (χ0) is 23.0. The van der Waals surface area contributed by atoms with Crippen LogP contribution in [0, 0.1) is 12.8 Å². The number of likely N-dealkylation sites (tertiary alicyclic amines) is 1. The van der Waals surface area contributed by atoms with Crippen molar-refractivity contribution in [3.8, 4) is 0 Å². The summed E-state index contributed by atoms with van der Waals surface area (Å²) < 4.78 is 0. The molecule has 1 aliphatic heterocycles. The first-order valence-corrected chi connectivity index (χ1v) is 12.3. The highest BCUT2D eigenvalue weighted by Crippen LogP contribution is 2.26. The van der Waals surface area contributed by atoms with Crippen LogP contribution in [0.25, 0.3) is 0 Å². The molecule has 1 fully saturated rings. The second kappa shape index (κ2) is 28.4. The van der Waals surface area contributed by atoms with E-state index in [1.54, 1.807) is 0 Å². The average Bonchev–Trinajstić information content (AvgIpc) is 2.74. The van der Waals surface area contributed by atoms with E-state index in [0.717, 1.165) is 11.8 Å². The second-order valence-corrected chi connectivity index (χ2v) is 6.51. The van der Waals surface area contributed by atoms with E-state index in [1.807, 2.05) is 55.4 Å². The van der Waals surface area contributed by atoms with Crippen LogP contribution in [0.5, 0.6) is 0 Å². The number of hydrogen-bond acceptors (Lipinski definition) is 1. The summed E-state index contributed by atoms with van der Waals surface area (Å²) in [6.07, 6.45) is 5.24. The van der Waals surface area contributed by atoms with Gasteiger partial charge in [0.15, 0.2) is 0 Å². The van der Waals surface area contributed by atoms with Crippen LogP contribution in [0.3, 0.4) is 0 Å². The third kappa shape index (κ3) is 19.9. The number of benzene rings is 1. The SMILES string of the molecule is CC.CC.CC.CC.CC1CN(C)C1.CCCC(CCC)c1ccc(C)cc1. The number of nitrogens with zero attached hydrogens (tertiary/aromatic N) is 1. The summed E-state index contributed by atoms with van der Waals surface area (Å²) in [6, 6.07) is 9.05. The number of hydrogen-bond donors (Lipinski definition) is 0. The van der Waals surface area contributed by atoms with Gasteiger partial charge in [-0.2, -0.15) is 0 Å². The molecule has 1 aromatic rings. The predicted molar refractivity (Wildman–Crippen MR) is 136 cm³/mol. The van der Waals surface area contributed by atoms with E-state index in [-0.39, 0.29) is 0 Å². The fourth-order valence-corrected chi connectivity index (χ4v) is 3.02. The van der Waals surface area contributed by atoms with Gasteiger partial charge in [0.2, 0.25) is 0 Å². The highest BCUT2D eigenvalue weighted by molar-refractivity contribution is 5.24. The van der Waals surface area contributed by atoms with Crippen molar-refractivity contribution < 1.29 is 0 Å². The van der Waals surface area contributed by atoms with Crippen LogP contribution in [0.1, 0.15) is 119 Å². The molecule has 0 aromatic heterocycles. The molecule has 0 amide bonds. The maximum absolute atomic E-state index is 2.32. The molecular formula is C27H57N. The van der Waals surface area contributed by atoms with Crippen LogP contribution in [0.2, 0.25) is 0 Å². The molecule has 0 N–H and O–H groups in total. The first kappa shape index (κ1) is 34.7. The summed E-state index contributed by atoms with van der Waals surface area (Å²) >= 11 is 0. The maximum Gasteiger partial charge on any atom is 0.00163 e. The van der Waals surface area contributed by atoms with Gasteiger partial charge >= 0.3 is 0 Å². The lowest BCUT2D eigenvalue weighted by Crippen LogP contribution is -2.41. The summed E-state index contributed by atoms with van der Waals surface area (Å²) in [4.78, 5) is 2.32. The summed E-state index contributed by atoms with van der Waals surface area (Å²) in [5.74, 6) is 1.75. The molecule has 0 atom stereocenters. The highest BCUT2D eigenvalue weighted by atomic mass is 15.2. The fourth-order valence-electron chi connectivity index (χ4n) is 3.02. The minimum atomic E-state index is 0.783. The third-order valence-electron chi connectivity index (χ3n) is 4.07. The Bertz CT molecular complexity index is 337. The molecule has 170 valence electrons. The van der Waals surface area contributed by atoms with Gasteiger partial charge in [0.25, 0.3) is 0 Å². The molecule has 0 saturated carbocycles. The zero-order valence-corrected chi connectivity index (χ0v) is 22.2. The Balaban J connectivity index is -0.000000171. The van der Waals surface area contributed by atoms with Crippen LogP contribution >= 0.6 is 0 Å². The Labute approximate surface area is 181 Å². The highest BCUT2D eigenvalue weighted by Gasteiger charge is 2.16. The van der Waals surface area contributed by atoms with Crippen molar-refractivity contribution >= 4 is 0 Å². The fraction of sp³-hybridized carbons (Fsp3) is 0.778. The minimum absolute atomic E-state index is 0.783. The molecule has 1 nitrogen and oxygen atoms in total. The Morgan fingerprint density at radius 3 is 1.36 bits per heavy atom. The maximum atomic E-state index is 2.32. The van der Waals surface area contributed by atoms with Crippen molar-refractivity contribution in [1.29, 1.82) is 0 Å². The van der Waals surface area contributed by atoms with Crippen molar-refractivity contribution in [2.45, 2.75) is 115 Å². The first-order chi connectivity index (χ1) is 13.6. The van der Waals surface area contributed by atoms with Crippen LogP contribution in [-0.4, -0.2) is 25.0 Å². The number of aryl methyl sites for hydroxylation is 1. The van der Waals surface area contributed by atoms with E-state index in [1.165, 1.54) is 49.9 Å². The van der Waals surface area contributed by atoms with Gasteiger partial charge in [0.1, 0.15) is 0 Å². The molecule has 0 unspecified atom stereocenters. The molecule has 0 bridgehead atoms. The molecule has 2 rings (SSSR count). The zero-order valence-electron chi connectivity index (χ0n) is 22.2. The topological polar surface area (TPSA) is 3.24 Å². The van der Waals surface area contributed by atoms with Gasteiger partial charge in [-0.25, -0.2) is 0 Å². The molecule has 1 aliphatic rings. The Morgan fingerprint density at radius 2 is 1.14 bits per heavy atom. The Kier molecular flexibility index (Phi) is 35.2. The second-order valence-electron chi connectivity index (χ2n) is 6.51. The molecule has 1 saturated heterocycles. The van der Waals surface area contributed by atoms with Crippen LogP contribution in [0.15, 0.2) is 24.3 Å². The average molecular weight is 396 g/mol. The van der Waals surface area contributed by atoms with Gasteiger partial charge in [0.05, 0.1) is 0 Å². The van der Waals surface area contributed by atoms with Gasteiger partial charge in [-0.05, 0) is 44.2 Å². The lowest BCUT2D eigenvalue weighted by atomic mass is 9.90. The summed E-state index contributed by atoms with van der Waals surface area (Å²) in [5.41, 5.74) is 2.89. The smallest absolute Gasteiger partial charge is 0.00163 e. The molecular weight excluding hydrogens is 338 g/mol. The molecule has 1 heterocycles. The van der Waals surface area contributed by atoms with E-state index in [2.05, 4.69) is 63.9 Å². The van der Waals surface area contributed by atoms with E-state index in [0.29, 0.717) is 0 Å².